The molecule has 0 aliphatic carbocycles. The SMILES string of the molecule is COC(=O)c1ccccc1C(=O)NCC1CCCO1. The van der Waals surface area contributed by atoms with Gasteiger partial charge in [0.1, 0.15) is 0 Å². The van der Waals surface area contributed by atoms with E-state index in [4.69, 9.17) is 4.74 Å². The lowest BCUT2D eigenvalue weighted by Crippen LogP contribution is -2.32. The van der Waals surface area contributed by atoms with Crippen molar-refractivity contribution in [1.82, 2.24) is 5.32 Å². The highest BCUT2D eigenvalue weighted by Crippen LogP contribution is 2.12. The second-order valence-electron chi connectivity index (χ2n) is 4.38. The van der Waals surface area contributed by atoms with Gasteiger partial charge in [0.05, 0.1) is 24.3 Å². The predicted molar refractivity (Wildman–Crippen MR) is 69.1 cm³/mol. The van der Waals surface area contributed by atoms with Gasteiger partial charge in [0.25, 0.3) is 5.91 Å². The number of amides is 1. The van der Waals surface area contributed by atoms with Crippen LogP contribution in [0.5, 0.6) is 0 Å². The zero-order chi connectivity index (χ0) is 13.7. The van der Waals surface area contributed by atoms with Crippen molar-refractivity contribution in [1.29, 1.82) is 0 Å². The van der Waals surface area contributed by atoms with Crippen molar-refractivity contribution in [2.75, 3.05) is 20.3 Å². The summed E-state index contributed by atoms with van der Waals surface area (Å²) in [6.07, 6.45) is 2.06. The molecular weight excluding hydrogens is 246 g/mol. The molecule has 1 fully saturated rings. The minimum absolute atomic E-state index is 0.0780. The minimum atomic E-state index is -0.511. The summed E-state index contributed by atoms with van der Waals surface area (Å²) < 4.78 is 10.1. The summed E-state index contributed by atoms with van der Waals surface area (Å²) >= 11 is 0. The van der Waals surface area contributed by atoms with Crippen LogP contribution in [0.15, 0.2) is 24.3 Å². The molecule has 1 unspecified atom stereocenters. The normalized spacial score (nSPS) is 18.1. The van der Waals surface area contributed by atoms with Gasteiger partial charge in [-0.15, -0.1) is 0 Å². The van der Waals surface area contributed by atoms with Gasteiger partial charge in [0, 0.05) is 13.2 Å². The van der Waals surface area contributed by atoms with Crippen molar-refractivity contribution < 1.29 is 19.1 Å². The molecule has 0 bridgehead atoms. The minimum Gasteiger partial charge on any atom is -0.465 e. The molecule has 1 aromatic rings. The number of hydrogen-bond donors (Lipinski definition) is 1. The van der Waals surface area contributed by atoms with Crippen molar-refractivity contribution in [3.63, 3.8) is 0 Å². The molecule has 5 heteroatoms. The molecule has 1 N–H and O–H groups in total. The van der Waals surface area contributed by atoms with Crippen LogP contribution in [0.3, 0.4) is 0 Å². The molecule has 1 aliphatic heterocycles. The molecular formula is C14H17NO4. The van der Waals surface area contributed by atoms with E-state index < -0.39 is 5.97 Å². The second kappa shape index (κ2) is 6.33. The van der Waals surface area contributed by atoms with E-state index in [0.29, 0.717) is 12.1 Å². The Balaban J connectivity index is 2.03. The first-order valence-corrected chi connectivity index (χ1v) is 6.29. The van der Waals surface area contributed by atoms with Gasteiger partial charge in [0.15, 0.2) is 0 Å². The summed E-state index contributed by atoms with van der Waals surface area (Å²) in [6, 6.07) is 6.60. The highest BCUT2D eigenvalue weighted by molar-refractivity contribution is 6.05. The van der Waals surface area contributed by atoms with Crippen LogP contribution in [-0.2, 0) is 9.47 Å². The van der Waals surface area contributed by atoms with Gasteiger partial charge >= 0.3 is 5.97 Å². The van der Waals surface area contributed by atoms with Crippen molar-refractivity contribution in [2.45, 2.75) is 18.9 Å². The lowest BCUT2D eigenvalue weighted by Gasteiger charge is -2.12. The number of benzene rings is 1. The van der Waals surface area contributed by atoms with Crippen LogP contribution in [-0.4, -0.2) is 38.2 Å². The molecule has 1 atom stereocenters. The van der Waals surface area contributed by atoms with E-state index in [2.05, 4.69) is 10.1 Å². The molecule has 0 aromatic heterocycles. The van der Waals surface area contributed by atoms with E-state index in [1.165, 1.54) is 7.11 Å². The Labute approximate surface area is 111 Å². The standard InChI is InChI=1S/C14H17NO4/c1-18-14(17)12-7-3-2-6-11(12)13(16)15-9-10-5-4-8-19-10/h2-3,6-7,10H,4-5,8-9H2,1H3,(H,15,16). The number of carbonyl (C=O) groups is 2. The summed E-state index contributed by atoms with van der Waals surface area (Å²) in [5.41, 5.74) is 0.599. The molecule has 102 valence electrons. The fourth-order valence-electron chi connectivity index (χ4n) is 2.08. The largest absolute Gasteiger partial charge is 0.465 e. The Morgan fingerprint density at radius 3 is 2.74 bits per heavy atom. The molecule has 2 rings (SSSR count). The van der Waals surface area contributed by atoms with Crippen molar-refractivity contribution >= 4 is 11.9 Å². The van der Waals surface area contributed by atoms with E-state index in [1.807, 2.05) is 0 Å². The number of esters is 1. The van der Waals surface area contributed by atoms with Gasteiger partial charge in [-0.05, 0) is 25.0 Å². The maximum Gasteiger partial charge on any atom is 0.338 e. The molecule has 1 aromatic carbocycles. The van der Waals surface area contributed by atoms with Gasteiger partial charge in [0.2, 0.25) is 0 Å². The predicted octanol–water partition coefficient (Wildman–Crippen LogP) is 1.38. The Hall–Kier alpha value is -1.88. The van der Waals surface area contributed by atoms with E-state index in [9.17, 15) is 9.59 Å². The fraction of sp³-hybridized carbons (Fsp3) is 0.429. The lowest BCUT2D eigenvalue weighted by molar-refractivity contribution is 0.0596. The van der Waals surface area contributed by atoms with Gasteiger partial charge in [-0.3, -0.25) is 4.79 Å². The number of ether oxygens (including phenoxy) is 2. The Morgan fingerprint density at radius 1 is 1.37 bits per heavy atom. The number of rotatable bonds is 4. The van der Waals surface area contributed by atoms with Gasteiger partial charge in [-0.25, -0.2) is 4.79 Å². The quantitative estimate of drug-likeness (QED) is 0.834. The molecule has 1 heterocycles. The third-order valence-electron chi connectivity index (χ3n) is 3.09. The fourth-order valence-corrected chi connectivity index (χ4v) is 2.08. The van der Waals surface area contributed by atoms with E-state index in [-0.39, 0.29) is 17.6 Å². The summed E-state index contributed by atoms with van der Waals surface area (Å²) in [7, 11) is 1.30. The summed E-state index contributed by atoms with van der Waals surface area (Å²) in [5.74, 6) is -0.792. The lowest BCUT2D eigenvalue weighted by atomic mass is 10.1. The Bertz CT molecular complexity index is 466. The monoisotopic (exact) mass is 263 g/mol. The van der Waals surface area contributed by atoms with E-state index >= 15 is 0 Å². The third-order valence-corrected chi connectivity index (χ3v) is 3.09. The number of carbonyl (C=O) groups excluding carboxylic acids is 2. The molecule has 5 nitrogen and oxygen atoms in total. The molecule has 1 aliphatic rings. The summed E-state index contributed by atoms with van der Waals surface area (Å²) in [5, 5.41) is 2.79. The van der Waals surface area contributed by atoms with Gasteiger partial charge < -0.3 is 14.8 Å². The van der Waals surface area contributed by atoms with Gasteiger partial charge in [-0.2, -0.15) is 0 Å². The average molecular weight is 263 g/mol. The van der Waals surface area contributed by atoms with Gasteiger partial charge in [-0.1, -0.05) is 12.1 Å². The van der Waals surface area contributed by atoms with E-state index in [0.717, 1.165) is 19.4 Å². The Kier molecular flexibility index (Phi) is 4.52. The van der Waals surface area contributed by atoms with Crippen LogP contribution < -0.4 is 5.32 Å². The smallest absolute Gasteiger partial charge is 0.338 e. The van der Waals surface area contributed by atoms with Crippen LogP contribution in [0.25, 0.3) is 0 Å². The van der Waals surface area contributed by atoms with Crippen LogP contribution in [0.4, 0.5) is 0 Å². The molecule has 1 amide bonds. The maximum atomic E-state index is 12.1. The zero-order valence-electron chi connectivity index (χ0n) is 10.8. The van der Waals surface area contributed by atoms with E-state index in [1.54, 1.807) is 24.3 Å². The van der Waals surface area contributed by atoms with Crippen LogP contribution in [0, 0.1) is 0 Å². The number of methoxy groups -OCH3 is 1. The third kappa shape index (κ3) is 3.32. The van der Waals surface area contributed by atoms with Crippen LogP contribution in [0.2, 0.25) is 0 Å². The topological polar surface area (TPSA) is 64.6 Å². The molecule has 0 spiro atoms. The molecule has 0 radical (unpaired) electrons. The van der Waals surface area contributed by atoms with Crippen molar-refractivity contribution in [2.24, 2.45) is 0 Å². The molecule has 0 saturated carbocycles. The summed E-state index contributed by atoms with van der Waals surface area (Å²) in [4.78, 5) is 23.6. The van der Waals surface area contributed by atoms with Crippen LogP contribution in [0.1, 0.15) is 33.6 Å². The average Bonchev–Trinajstić information content (AvgIpc) is 2.97. The molecule has 1 saturated heterocycles. The highest BCUT2D eigenvalue weighted by Gasteiger charge is 2.19. The molecule has 19 heavy (non-hydrogen) atoms. The summed E-state index contributed by atoms with van der Waals surface area (Å²) in [6.45, 7) is 1.22. The van der Waals surface area contributed by atoms with Crippen LogP contribution >= 0.6 is 0 Å². The zero-order valence-corrected chi connectivity index (χ0v) is 10.8. The highest BCUT2D eigenvalue weighted by atomic mass is 16.5. The van der Waals surface area contributed by atoms with Crippen molar-refractivity contribution in [3.8, 4) is 0 Å². The number of hydrogen-bond acceptors (Lipinski definition) is 4. The first-order valence-electron chi connectivity index (χ1n) is 6.29. The Morgan fingerprint density at radius 2 is 2.11 bits per heavy atom. The first kappa shape index (κ1) is 13.5. The number of nitrogens with one attached hydrogen (secondary N) is 1. The first-order chi connectivity index (χ1) is 9.22. The van der Waals surface area contributed by atoms with Crippen molar-refractivity contribution in [3.05, 3.63) is 35.4 Å². The maximum absolute atomic E-state index is 12.1. The second-order valence-corrected chi connectivity index (χ2v) is 4.38.